The van der Waals surface area contributed by atoms with Gasteiger partial charge in [0.1, 0.15) is 6.67 Å². The van der Waals surface area contributed by atoms with Gasteiger partial charge in [0.2, 0.25) is 5.43 Å². The molecule has 8 heteroatoms. The van der Waals surface area contributed by atoms with Crippen LogP contribution in [0.5, 0.6) is 5.75 Å². The van der Waals surface area contributed by atoms with Crippen molar-refractivity contribution in [3.8, 4) is 5.75 Å². The van der Waals surface area contributed by atoms with Crippen molar-refractivity contribution in [3.05, 3.63) is 106 Å². The minimum absolute atomic E-state index is 0.0730. The molecular formula is C24H22N4O3S. The van der Waals surface area contributed by atoms with Crippen molar-refractivity contribution in [1.29, 1.82) is 0 Å². The molecule has 0 aliphatic carbocycles. The lowest BCUT2D eigenvalue weighted by atomic mass is 9.92. The molecule has 1 amide bonds. The van der Waals surface area contributed by atoms with Crippen LogP contribution in [0.3, 0.4) is 0 Å². The van der Waals surface area contributed by atoms with Crippen LogP contribution >= 0.6 is 12.6 Å². The van der Waals surface area contributed by atoms with E-state index in [1.807, 2.05) is 53.6 Å². The highest BCUT2D eigenvalue weighted by Crippen LogP contribution is 2.42. The van der Waals surface area contributed by atoms with Crippen LogP contribution < -0.4 is 10.4 Å². The molecule has 4 heterocycles. The Morgan fingerprint density at radius 3 is 2.69 bits per heavy atom. The number of rotatable bonds is 1. The lowest BCUT2D eigenvalue weighted by molar-refractivity contribution is 0.0697. The molecule has 0 fully saturated rings. The number of amides is 1. The normalized spacial score (nSPS) is 21.3. The Hall–Kier alpha value is -3.52. The van der Waals surface area contributed by atoms with Crippen LogP contribution in [-0.4, -0.2) is 38.8 Å². The first-order chi connectivity index (χ1) is 15.5. The van der Waals surface area contributed by atoms with E-state index in [-0.39, 0.29) is 12.4 Å². The molecule has 162 valence electrons. The van der Waals surface area contributed by atoms with Gasteiger partial charge in [-0.15, -0.1) is 12.6 Å². The highest BCUT2D eigenvalue weighted by atomic mass is 32.1. The van der Waals surface area contributed by atoms with E-state index in [0.717, 1.165) is 29.5 Å². The second-order valence-corrected chi connectivity index (χ2v) is 8.52. The van der Waals surface area contributed by atoms with Gasteiger partial charge in [0.25, 0.3) is 5.91 Å². The summed E-state index contributed by atoms with van der Waals surface area (Å²) in [7, 11) is 0. The van der Waals surface area contributed by atoms with E-state index >= 15 is 0 Å². The third-order valence-corrected chi connectivity index (χ3v) is 6.75. The fourth-order valence-corrected chi connectivity index (χ4v) is 4.90. The Labute approximate surface area is 190 Å². The zero-order chi connectivity index (χ0) is 22.3. The van der Waals surface area contributed by atoms with E-state index in [9.17, 15) is 14.7 Å². The van der Waals surface area contributed by atoms with Gasteiger partial charge in [-0.2, -0.15) is 0 Å². The average Bonchev–Trinajstić information content (AvgIpc) is 2.84. The molecule has 2 aromatic heterocycles. The second kappa shape index (κ2) is 7.87. The van der Waals surface area contributed by atoms with Gasteiger partial charge in [-0.05, 0) is 30.0 Å². The van der Waals surface area contributed by atoms with E-state index in [1.54, 1.807) is 22.0 Å². The minimum atomic E-state index is -1.04. The van der Waals surface area contributed by atoms with E-state index in [2.05, 4.69) is 4.98 Å². The maximum Gasteiger partial charge on any atom is 0.278 e. The van der Waals surface area contributed by atoms with Crippen molar-refractivity contribution in [2.45, 2.75) is 17.7 Å². The predicted octanol–water partition coefficient (Wildman–Crippen LogP) is 2.63. The zero-order valence-electron chi connectivity index (χ0n) is 17.3. The fourth-order valence-electron chi connectivity index (χ4n) is 4.39. The lowest BCUT2D eigenvalue weighted by Gasteiger charge is -2.49. The molecule has 1 aromatic carbocycles. The number of aromatic nitrogens is 2. The maximum absolute atomic E-state index is 13.3. The molecule has 3 aromatic rings. The van der Waals surface area contributed by atoms with Gasteiger partial charge in [-0.1, -0.05) is 42.5 Å². The molecule has 0 saturated heterocycles. The van der Waals surface area contributed by atoms with Gasteiger partial charge in [0, 0.05) is 36.8 Å². The number of carbonyl (C=O) groups excluding carboxylic acids is 1. The molecule has 0 spiro atoms. The number of aryl methyl sites for hydroxylation is 1. The fraction of sp³-hybridized carbons (Fsp3) is 0.208. The summed E-state index contributed by atoms with van der Waals surface area (Å²) in [5.41, 5.74) is 2.17. The number of allylic oxidation sites excluding steroid dienone is 1. The molecule has 0 radical (unpaired) electrons. The van der Waals surface area contributed by atoms with Crippen LogP contribution in [0.15, 0.2) is 78.0 Å². The third-order valence-electron chi connectivity index (χ3n) is 6.02. The SMILES string of the molecule is O=C1c2c(O)c(=O)ccn2N2CN1C/C=C\CCc1ccncc1[C@@]2(S)c1ccccc1. The molecule has 5 rings (SSSR count). The number of fused-ring (bicyclic) bond motifs is 5. The first-order valence-corrected chi connectivity index (χ1v) is 10.8. The van der Waals surface area contributed by atoms with Gasteiger partial charge in [0.15, 0.2) is 16.3 Å². The summed E-state index contributed by atoms with van der Waals surface area (Å²) in [5, 5.41) is 12.5. The van der Waals surface area contributed by atoms with Gasteiger partial charge in [0.05, 0.1) is 0 Å². The summed E-state index contributed by atoms with van der Waals surface area (Å²) in [4.78, 5) is 30.4. The van der Waals surface area contributed by atoms with Crippen LogP contribution in [0.1, 0.15) is 33.6 Å². The maximum atomic E-state index is 13.3. The first kappa shape index (κ1) is 20.4. The Bertz CT molecular complexity index is 1270. The highest BCUT2D eigenvalue weighted by Gasteiger charge is 2.45. The third kappa shape index (κ3) is 3.10. The largest absolute Gasteiger partial charge is 0.502 e. The van der Waals surface area contributed by atoms with Gasteiger partial charge in [-0.3, -0.25) is 24.3 Å². The van der Waals surface area contributed by atoms with Crippen molar-refractivity contribution in [1.82, 2.24) is 14.6 Å². The number of thiol groups is 1. The number of aromatic hydroxyl groups is 1. The number of benzene rings is 1. The van der Waals surface area contributed by atoms with E-state index in [4.69, 9.17) is 12.6 Å². The van der Waals surface area contributed by atoms with Crippen LogP contribution in [0.25, 0.3) is 0 Å². The van der Waals surface area contributed by atoms with E-state index in [0.29, 0.717) is 6.54 Å². The Morgan fingerprint density at radius 2 is 1.88 bits per heavy atom. The standard InChI is InChI=1S/C24H22N4O3S/c29-20-11-14-27-21(22(20)30)23(31)26-13-6-2-3-7-17-10-12-25-15-19(17)24(32,28(27)16-26)18-8-4-1-5-9-18/h1-2,4-6,8-12,14-15,30,32H,3,7,13,16H2/b6-2-/t24-/m0/s1. The average molecular weight is 447 g/mol. The Kier molecular flexibility index (Phi) is 5.01. The molecule has 1 N–H and O–H groups in total. The molecule has 2 aliphatic rings. The van der Waals surface area contributed by atoms with Crippen molar-refractivity contribution < 1.29 is 9.90 Å². The Morgan fingerprint density at radius 1 is 1.06 bits per heavy atom. The van der Waals surface area contributed by atoms with Crippen LogP contribution in [-0.2, 0) is 11.3 Å². The van der Waals surface area contributed by atoms with Gasteiger partial charge < -0.3 is 10.0 Å². The lowest BCUT2D eigenvalue weighted by Crippen LogP contribution is -2.61. The quantitative estimate of drug-likeness (QED) is 0.444. The predicted molar refractivity (Wildman–Crippen MR) is 124 cm³/mol. The van der Waals surface area contributed by atoms with Gasteiger partial charge in [-0.25, -0.2) is 0 Å². The summed E-state index contributed by atoms with van der Waals surface area (Å²) in [5.74, 6) is -0.975. The number of nitrogens with zero attached hydrogens (tertiary/aromatic N) is 4. The van der Waals surface area contributed by atoms with E-state index < -0.39 is 22.0 Å². The summed E-state index contributed by atoms with van der Waals surface area (Å²) in [6, 6.07) is 13.0. The summed E-state index contributed by atoms with van der Waals surface area (Å²) in [6.45, 7) is 0.552. The van der Waals surface area contributed by atoms with Crippen molar-refractivity contribution in [3.63, 3.8) is 0 Å². The molecule has 0 saturated carbocycles. The van der Waals surface area contributed by atoms with Gasteiger partial charge >= 0.3 is 0 Å². The summed E-state index contributed by atoms with van der Waals surface area (Å²) < 4.78 is 1.55. The second-order valence-electron chi connectivity index (χ2n) is 7.87. The summed E-state index contributed by atoms with van der Waals surface area (Å²) in [6.07, 6.45) is 10.7. The topological polar surface area (TPSA) is 78.7 Å². The van der Waals surface area contributed by atoms with Crippen LogP contribution in [0.4, 0.5) is 0 Å². The Balaban J connectivity index is 1.85. The number of pyridine rings is 2. The van der Waals surface area contributed by atoms with Crippen molar-refractivity contribution in [2.75, 3.05) is 18.2 Å². The molecule has 0 unspecified atom stereocenters. The van der Waals surface area contributed by atoms with Crippen molar-refractivity contribution in [2.24, 2.45) is 0 Å². The molecule has 2 aliphatic heterocycles. The van der Waals surface area contributed by atoms with E-state index in [1.165, 1.54) is 12.3 Å². The number of carbonyl (C=O) groups is 1. The smallest absolute Gasteiger partial charge is 0.278 e. The zero-order valence-corrected chi connectivity index (χ0v) is 18.2. The monoisotopic (exact) mass is 446 g/mol. The summed E-state index contributed by atoms with van der Waals surface area (Å²) >= 11 is 5.26. The molecule has 2 bridgehead atoms. The molecular weight excluding hydrogens is 424 g/mol. The minimum Gasteiger partial charge on any atom is -0.502 e. The number of hydrogen-bond donors (Lipinski definition) is 2. The first-order valence-electron chi connectivity index (χ1n) is 10.4. The molecule has 1 atom stereocenters. The number of hydrogen-bond acceptors (Lipinski definition) is 6. The van der Waals surface area contributed by atoms with Crippen LogP contribution in [0.2, 0.25) is 0 Å². The highest BCUT2D eigenvalue weighted by molar-refractivity contribution is 7.81. The van der Waals surface area contributed by atoms with Crippen LogP contribution in [0, 0.1) is 0 Å². The molecule has 7 nitrogen and oxygen atoms in total. The van der Waals surface area contributed by atoms with Crippen molar-refractivity contribution >= 4 is 18.5 Å². The molecule has 32 heavy (non-hydrogen) atoms.